The number of hydrogen-bond donors (Lipinski definition) is 2. The summed E-state index contributed by atoms with van der Waals surface area (Å²) < 4.78 is 13.7. The van der Waals surface area contributed by atoms with Gasteiger partial charge in [0.25, 0.3) is 5.91 Å². The maximum Gasteiger partial charge on any atom is 0.315 e. The number of carbonyl (C=O) groups excluding carboxylic acids is 2. The Morgan fingerprint density at radius 2 is 1.52 bits per heavy atom. The van der Waals surface area contributed by atoms with Gasteiger partial charge in [-0.05, 0) is 37.8 Å². The van der Waals surface area contributed by atoms with Crippen LogP contribution < -0.4 is 10.6 Å². The molecule has 1 aliphatic carbocycles. The zero-order valence-corrected chi connectivity index (χ0v) is 16.6. The van der Waals surface area contributed by atoms with Crippen LogP contribution in [0.1, 0.15) is 55.3 Å². The van der Waals surface area contributed by atoms with Crippen LogP contribution in [0.25, 0.3) is 0 Å². The molecule has 1 saturated carbocycles. The smallest absolute Gasteiger partial charge is 0.315 e. The molecule has 2 fully saturated rings. The summed E-state index contributed by atoms with van der Waals surface area (Å²) in [5, 5.41) is 6.07. The third-order valence-electron chi connectivity index (χ3n) is 5.30. The molecular weight excluding hydrogens is 392 g/mol. The van der Waals surface area contributed by atoms with Crippen LogP contribution in [-0.2, 0) is 0 Å². The molecule has 0 unspecified atom stereocenters. The van der Waals surface area contributed by atoms with Crippen molar-refractivity contribution in [1.82, 2.24) is 15.5 Å². The second kappa shape index (κ2) is 9.11. The molecule has 2 aliphatic rings. The monoisotopic (exact) mass is 415 g/mol. The minimum absolute atomic E-state index is 0.0232. The Balaban J connectivity index is 1.49. The molecule has 0 radical (unpaired) electrons. The van der Waals surface area contributed by atoms with E-state index in [1.165, 1.54) is 25.3 Å². The van der Waals surface area contributed by atoms with E-state index in [4.69, 9.17) is 23.2 Å². The van der Waals surface area contributed by atoms with Gasteiger partial charge in [0, 0.05) is 25.2 Å². The van der Waals surface area contributed by atoms with Crippen LogP contribution >= 0.6 is 23.2 Å². The highest BCUT2D eigenvalue weighted by Gasteiger charge is 2.27. The summed E-state index contributed by atoms with van der Waals surface area (Å²) in [6.45, 7) is 0.960. The van der Waals surface area contributed by atoms with Gasteiger partial charge >= 0.3 is 6.03 Å². The van der Waals surface area contributed by atoms with E-state index in [9.17, 15) is 14.0 Å². The summed E-state index contributed by atoms with van der Waals surface area (Å²) in [5.74, 6) is -0.985. The first-order chi connectivity index (χ1) is 12.9. The summed E-state index contributed by atoms with van der Waals surface area (Å²) in [5.41, 5.74) is 0.111. The zero-order chi connectivity index (χ0) is 19.4. The van der Waals surface area contributed by atoms with Crippen molar-refractivity contribution in [1.29, 1.82) is 0 Å². The van der Waals surface area contributed by atoms with Gasteiger partial charge in [-0.3, -0.25) is 4.79 Å². The molecule has 1 heterocycles. The fourth-order valence-corrected chi connectivity index (χ4v) is 4.21. The summed E-state index contributed by atoms with van der Waals surface area (Å²) in [7, 11) is 0. The largest absolute Gasteiger partial charge is 0.338 e. The molecule has 1 saturated heterocycles. The second-order valence-corrected chi connectivity index (χ2v) is 8.08. The van der Waals surface area contributed by atoms with Gasteiger partial charge in [-0.2, -0.15) is 0 Å². The second-order valence-electron chi connectivity index (χ2n) is 7.27. The van der Waals surface area contributed by atoms with Gasteiger partial charge in [-0.25, -0.2) is 9.18 Å². The molecule has 5 nitrogen and oxygen atoms in total. The van der Waals surface area contributed by atoms with Crippen molar-refractivity contribution in [3.05, 3.63) is 33.6 Å². The molecule has 0 aromatic heterocycles. The summed E-state index contributed by atoms with van der Waals surface area (Å²) in [6, 6.07) is 2.48. The van der Waals surface area contributed by atoms with Crippen molar-refractivity contribution in [3.63, 3.8) is 0 Å². The molecule has 1 aromatic rings. The maximum absolute atomic E-state index is 13.7. The Labute approximate surface area is 168 Å². The minimum Gasteiger partial charge on any atom is -0.338 e. The van der Waals surface area contributed by atoms with E-state index >= 15 is 0 Å². The number of likely N-dealkylation sites (tertiary alicyclic amines) is 1. The first-order valence-electron chi connectivity index (χ1n) is 9.45. The number of amides is 3. The van der Waals surface area contributed by atoms with Crippen molar-refractivity contribution in [2.24, 2.45) is 0 Å². The third kappa shape index (κ3) is 5.26. The molecule has 27 heavy (non-hydrogen) atoms. The summed E-state index contributed by atoms with van der Waals surface area (Å²) in [6.07, 6.45) is 6.96. The first-order valence-corrected chi connectivity index (χ1v) is 10.2. The maximum atomic E-state index is 13.7. The molecular formula is C19H24Cl2FN3O2. The predicted octanol–water partition coefficient (Wildman–Crippen LogP) is 4.37. The Kier molecular flexibility index (Phi) is 6.82. The number of rotatable bonds is 3. The lowest BCUT2D eigenvalue weighted by molar-refractivity contribution is 0.0708. The van der Waals surface area contributed by atoms with E-state index in [1.807, 2.05) is 0 Å². The molecule has 1 aliphatic heterocycles. The van der Waals surface area contributed by atoms with Gasteiger partial charge in [0.2, 0.25) is 0 Å². The average Bonchev–Trinajstić information content (AvgIpc) is 2.65. The number of halogens is 3. The molecule has 0 spiro atoms. The number of hydrogen-bond acceptors (Lipinski definition) is 2. The minimum atomic E-state index is -0.666. The third-order valence-corrected chi connectivity index (χ3v) is 5.90. The van der Waals surface area contributed by atoms with Crippen LogP contribution in [-0.4, -0.2) is 42.0 Å². The van der Waals surface area contributed by atoms with Gasteiger partial charge in [-0.15, -0.1) is 0 Å². The fourth-order valence-electron chi connectivity index (χ4n) is 3.74. The number of benzene rings is 1. The van der Waals surface area contributed by atoms with E-state index in [1.54, 1.807) is 4.90 Å². The number of piperidine rings is 1. The average molecular weight is 416 g/mol. The highest BCUT2D eigenvalue weighted by Crippen LogP contribution is 2.26. The molecule has 1 aromatic carbocycles. The van der Waals surface area contributed by atoms with E-state index < -0.39 is 5.82 Å². The van der Waals surface area contributed by atoms with Crippen LogP contribution in [0.15, 0.2) is 12.1 Å². The van der Waals surface area contributed by atoms with Crippen LogP contribution in [0.5, 0.6) is 0 Å². The van der Waals surface area contributed by atoms with E-state index in [2.05, 4.69) is 10.6 Å². The highest BCUT2D eigenvalue weighted by molar-refractivity contribution is 6.36. The normalized spacial score (nSPS) is 19.0. The Bertz CT molecular complexity index is 702. The van der Waals surface area contributed by atoms with Crippen molar-refractivity contribution in [3.8, 4) is 0 Å². The summed E-state index contributed by atoms with van der Waals surface area (Å²) in [4.78, 5) is 26.4. The van der Waals surface area contributed by atoms with Crippen molar-refractivity contribution in [2.75, 3.05) is 13.1 Å². The molecule has 8 heteroatoms. The van der Waals surface area contributed by atoms with Crippen LogP contribution in [0.2, 0.25) is 10.0 Å². The molecule has 2 N–H and O–H groups in total. The van der Waals surface area contributed by atoms with Gasteiger partial charge in [0.15, 0.2) is 0 Å². The van der Waals surface area contributed by atoms with Gasteiger partial charge in [-0.1, -0.05) is 42.5 Å². The Hall–Kier alpha value is -1.53. The Morgan fingerprint density at radius 3 is 2.15 bits per heavy atom. The van der Waals surface area contributed by atoms with Crippen molar-refractivity contribution < 1.29 is 14.0 Å². The highest BCUT2D eigenvalue weighted by atomic mass is 35.5. The van der Waals surface area contributed by atoms with Crippen molar-refractivity contribution >= 4 is 35.1 Å². The number of nitrogens with zero attached hydrogens (tertiary/aromatic N) is 1. The zero-order valence-electron chi connectivity index (χ0n) is 15.1. The Morgan fingerprint density at radius 1 is 0.926 bits per heavy atom. The number of carbonyl (C=O) groups is 2. The first kappa shape index (κ1) is 20.2. The van der Waals surface area contributed by atoms with Gasteiger partial charge in [0.1, 0.15) is 5.82 Å². The van der Waals surface area contributed by atoms with Gasteiger partial charge < -0.3 is 15.5 Å². The molecule has 3 rings (SSSR count). The number of urea groups is 1. The van der Waals surface area contributed by atoms with Crippen LogP contribution in [0.3, 0.4) is 0 Å². The van der Waals surface area contributed by atoms with E-state index in [-0.39, 0.29) is 39.6 Å². The molecule has 0 bridgehead atoms. The standard InChI is InChI=1S/C19H24Cl2FN3O2/c20-15-11-16(21)17(22)10-14(15)18(26)25-8-6-13(7-9-25)24-19(27)23-12-4-2-1-3-5-12/h10-13H,1-9H2,(H2,23,24,27). The van der Waals surface area contributed by atoms with E-state index in [0.717, 1.165) is 18.9 Å². The fraction of sp³-hybridized carbons (Fsp3) is 0.579. The van der Waals surface area contributed by atoms with Gasteiger partial charge in [0.05, 0.1) is 15.6 Å². The predicted molar refractivity (Wildman–Crippen MR) is 104 cm³/mol. The molecule has 0 atom stereocenters. The van der Waals surface area contributed by atoms with Crippen LogP contribution in [0.4, 0.5) is 9.18 Å². The SMILES string of the molecule is O=C(NC1CCCCC1)NC1CCN(C(=O)c2cc(F)c(Cl)cc2Cl)CC1. The van der Waals surface area contributed by atoms with Crippen LogP contribution in [0, 0.1) is 5.82 Å². The number of nitrogens with one attached hydrogen (secondary N) is 2. The lowest BCUT2D eigenvalue weighted by Crippen LogP contribution is -2.51. The lowest BCUT2D eigenvalue weighted by atomic mass is 9.96. The van der Waals surface area contributed by atoms with Crippen molar-refractivity contribution in [2.45, 2.75) is 57.0 Å². The topological polar surface area (TPSA) is 61.4 Å². The molecule has 148 valence electrons. The lowest BCUT2D eigenvalue weighted by Gasteiger charge is -2.33. The summed E-state index contributed by atoms with van der Waals surface area (Å²) >= 11 is 11.7. The molecule has 3 amide bonds. The quantitative estimate of drug-likeness (QED) is 0.719. The van der Waals surface area contributed by atoms with E-state index in [0.29, 0.717) is 25.9 Å².